The van der Waals surface area contributed by atoms with E-state index in [1.54, 1.807) is 0 Å². The number of phosphoric ester groups is 2. The summed E-state index contributed by atoms with van der Waals surface area (Å²) >= 11 is 0. The Morgan fingerprint density at radius 1 is 0.303 bits per heavy atom. The standard InChI is InChI=1S/C70H136O17P2/c1-7-9-11-13-15-17-19-22-30-36-42-48-54-69(74)86-65(58-80-67(72)52-46-40-34-28-18-16-14-12-10-8-2)60-84-88(76,77)82-56-64(71)57-83-89(78,79)85-61-66(59-81-68(73)53-47-41-35-29-25-24-27-33-39-45-51-63(5)6)87-70(75)55-49-43-37-31-23-20-21-26-32-38-44-50-62(3)4/h62-66,71H,7-61H2,1-6H3,(H,76,77)(H,78,79)/t64-,65+,66+/m0/s1. The van der Waals surface area contributed by atoms with Gasteiger partial charge in [0, 0.05) is 25.7 Å². The van der Waals surface area contributed by atoms with Gasteiger partial charge in [0.15, 0.2) is 12.2 Å². The fraction of sp³-hybridized carbons (Fsp3) is 0.943. The molecule has 0 aromatic heterocycles. The highest BCUT2D eigenvalue weighted by molar-refractivity contribution is 7.47. The molecule has 0 aliphatic rings. The molecular formula is C70H136O17P2. The Kier molecular flexibility index (Phi) is 60.8. The van der Waals surface area contributed by atoms with Crippen molar-refractivity contribution in [2.75, 3.05) is 39.6 Å². The fourth-order valence-corrected chi connectivity index (χ4v) is 12.2. The number of esters is 4. The van der Waals surface area contributed by atoms with Gasteiger partial charge in [0.05, 0.1) is 26.4 Å². The van der Waals surface area contributed by atoms with E-state index < -0.39 is 97.5 Å². The number of carbonyl (C=O) groups is 4. The van der Waals surface area contributed by atoms with Gasteiger partial charge in [-0.1, -0.05) is 305 Å². The predicted molar refractivity (Wildman–Crippen MR) is 358 cm³/mol. The fourth-order valence-electron chi connectivity index (χ4n) is 10.6. The van der Waals surface area contributed by atoms with Gasteiger partial charge in [-0.25, -0.2) is 9.13 Å². The first kappa shape index (κ1) is 87.1. The molecule has 0 aromatic rings. The van der Waals surface area contributed by atoms with Crippen LogP contribution in [0.2, 0.25) is 0 Å². The molecule has 0 bridgehead atoms. The summed E-state index contributed by atoms with van der Waals surface area (Å²) < 4.78 is 68.3. The highest BCUT2D eigenvalue weighted by Gasteiger charge is 2.30. The SMILES string of the molecule is CCCCCCCCCCCCCCC(=O)O[C@H](COC(=O)CCCCCCCCCCCC)COP(=O)(O)OC[C@H](O)COP(=O)(O)OC[C@@H](COC(=O)CCCCCCCCCCCCC(C)C)OC(=O)CCCCCCCCCCCCCC(C)C. The molecule has 0 saturated carbocycles. The summed E-state index contributed by atoms with van der Waals surface area (Å²) in [4.78, 5) is 72.5. The maximum absolute atomic E-state index is 13.0. The molecule has 5 atom stereocenters. The number of rotatable bonds is 69. The minimum atomic E-state index is -4.95. The lowest BCUT2D eigenvalue weighted by Gasteiger charge is -2.21. The van der Waals surface area contributed by atoms with Gasteiger partial charge in [-0.05, 0) is 37.5 Å². The van der Waals surface area contributed by atoms with Crippen molar-refractivity contribution < 1.29 is 80.2 Å². The van der Waals surface area contributed by atoms with E-state index >= 15 is 0 Å². The number of aliphatic hydroxyl groups excluding tert-OH is 1. The molecule has 19 heteroatoms. The summed E-state index contributed by atoms with van der Waals surface area (Å²) in [6, 6.07) is 0. The maximum atomic E-state index is 13.0. The molecule has 89 heavy (non-hydrogen) atoms. The Bertz CT molecular complexity index is 1730. The molecule has 0 saturated heterocycles. The molecule has 0 radical (unpaired) electrons. The molecule has 0 rings (SSSR count). The third-order valence-electron chi connectivity index (χ3n) is 16.2. The zero-order valence-corrected chi connectivity index (χ0v) is 59.5. The minimum Gasteiger partial charge on any atom is -0.462 e. The first-order valence-corrected chi connectivity index (χ1v) is 39.5. The topological polar surface area (TPSA) is 237 Å². The number of unbranched alkanes of at least 4 members (excludes halogenated alkanes) is 39. The summed E-state index contributed by atoms with van der Waals surface area (Å²) in [6.07, 6.45) is 47.0. The van der Waals surface area contributed by atoms with Gasteiger partial charge in [-0.2, -0.15) is 0 Å². The van der Waals surface area contributed by atoms with E-state index in [4.69, 9.17) is 37.0 Å². The van der Waals surface area contributed by atoms with Crippen molar-refractivity contribution in [2.24, 2.45) is 11.8 Å². The Morgan fingerprint density at radius 3 is 0.764 bits per heavy atom. The van der Waals surface area contributed by atoms with Crippen molar-refractivity contribution in [3.63, 3.8) is 0 Å². The van der Waals surface area contributed by atoms with E-state index in [1.165, 1.54) is 173 Å². The zero-order valence-electron chi connectivity index (χ0n) is 57.7. The average Bonchev–Trinajstić information content (AvgIpc) is 3.65. The van der Waals surface area contributed by atoms with E-state index in [0.29, 0.717) is 25.7 Å². The van der Waals surface area contributed by atoms with Crippen LogP contribution in [0.15, 0.2) is 0 Å². The van der Waals surface area contributed by atoms with Crippen molar-refractivity contribution in [2.45, 2.75) is 374 Å². The van der Waals surface area contributed by atoms with Crippen LogP contribution in [0.25, 0.3) is 0 Å². The summed E-state index contributed by atoms with van der Waals surface area (Å²) in [5.41, 5.74) is 0. The van der Waals surface area contributed by atoms with Crippen LogP contribution in [-0.2, 0) is 65.4 Å². The van der Waals surface area contributed by atoms with E-state index in [1.807, 2.05) is 0 Å². The smallest absolute Gasteiger partial charge is 0.462 e. The molecular weight excluding hydrogens is 1170 g/mol. The molecule has 0 aromatic carbocycles. The van der Waals surface area contributed by atoms with E-state index in [9.17, 15) is 43.2 Å². The van der Waals surface area contributed by atoms with Crippen LogP contribution in [0, 0.1) is 11.8 Å². The van der Waals surface area contributed by atoms with Gasteiger partial charge < -0.3 is 33.8 Å². The van der Waals surface area contributed by atoms with Gasteiger partial charge in [-0.3, -0.25) is 37.3 Å². The molecule has 17 nitrogen and oxygen atoms in total. The normalized spacial score (nSPS) is 14.1. The summed E-state index contributed by atoms with van der Waals surface area (Å²) in [5, 5.41) is 10.6. The van der Waals surface area contributed by atoms with Gasteiger partial charge in [0.1, 0.15) is 19.3 Å². The number of phosphoric acid groups is 2. The summed E-state index contributed by atoms with van der Waals surface area (Å²) in [7, 11) is -9.90. The number of ether oxygens (including phenoxy) is 4. The van der Waals surface area contributed by atoms with Crippen LogP contribution in [0.1, 0.15) is 356 Å². The van der Waals surface area contributed by atoms with E-state index in [-0.39, 0.29) is 25.7 Å². The van der Waals surface area contributed by atoms with Crippen LogP contribution in [0.5, 0.6) is 0 Å². The quantitative estimate of drug-likeness (QED) is 0.0222. The molecule has 3 N–H and O–H groups in total. The Morgan fingerprint density at radius 2 is 0.517 bits per heavy atom. The van der Waals surface area contributed by atoms with Crippen LogP contribution < -0.4 is 0 Å². The third-order valence-corrected chi connectivity index (χ3v) is 18.1. The van der Waals surface area contributed by atoms with Crippen molar-refractivity contribution in [3.8, 4) is 0 Å². The highest BCUT2D eigenvalue weighted by atomic mass is 31.2. The average molecular weight is 1310 g/mol. The van der Waals surface area contributed by atoms with E-state index in [2.05, 4.69) is 41.5 Å². The number of hydrogen-bond donors (Lipinski definition) is 3. The lowest BCUT2D eigenvalue weighted by Crippen LogP contribution is -2.30. The number of aliphatic hydroxyl groups is 1. The van der Waals surface area contributed by atoms with Gasteiger partial charge in [0.2, 0.25) is 0 Å². The van der Waals surface area contributed by atoms with Crippen molar-refractivity contribution in [1.82, 2.24) is 0 Å². The van der Waals surface area contributed by atoms with Crippen molar-refractivity contribution in [1.29, 1.82) is 0 Å². The molecule has 2 unspecified atom stereocenters. The second kappa shape index (κ2) is 62.2. The molecule has 0 spiro atoms. The molecule has 0 aliphatic heterocycles. The number of hydrogen-bond acceptors (Lipinski definition) is 15. The first-order chi connectivity index (χ1) is 42.9. The monoisotopic (exact) mass is 1310 g/mol. The maximum Gasteiger partial charge on any atom is 0.472 e. The van der Waals surface area contributed by atoms with Crippen LogP contribution >= 0.6 is 15.6 Å². The number of carbonyl (C=O) groups excluding carboxylic acids is 4. The van der Waals surface area contributed by atoms with Crippen molar-refractivity contribution >= 4 is 39.5 Å². The molecule has 0 heterocycles. The minimum absolute atomic E-state index is 0.106. The largest absolute Gasteiger partial charge is 0.472 e. The van der Waals surface area contributed by atoms with Gasteiger partial charge in [-0.15, -0.1) is 0 Å². The second-order valence-electron chi connectivity index (χ2n) is 26.2. The first-order valence-electron chi connectivity index (χ1n) is 36.5. The summed E-state index contributed by atoms with van der Waals surface area (Å²) in [6.45, 7) is 9.54. The predicted octanol–water partition coefficient (Wildman–Crippen LogP) is 20.0. The van der Waals surface area contributed by atoms with Crippen LogP contribution in [0.4, 0.5) is 0 Å². The lowest BCUT2D eigenvalue weighted by molar-refractivity contribution is -0.161. The van der Waals surface area contributed by atoms with Crippen LogP contribution in [-0.4, -0.2) is 96.7 Å². The lowest BCUT2D eigenvalue weighted by atomic mass is 10.0. The Labute approximate surface area is 543 Å². The zero-order chi connectivity index (χ0) is 65.7. The molecule has 528 valence electrons. The highest BCUT2D eigenvalue weighted by Crippen LogP contribution is 2.45. The molecule has 0 amide bonds. The van der Waals surface area contributed by atoms with Crippen LogP contribution in [0.3, 0.4) is 0 Å². The van der Waals surface area contributed by atoms with Gasteiger partial charge in [0.25, 0.3) is 0 Å². The Balaban J connectivity index is 5.25. The van der Waals surface area contributed by atoms with E-state index in [0.717, 1.165) is 102 Å². The second-order valence-corrected chi connectivity index (χ2v) is 29.1. The third kappa shape index (κ3) is 64.6. The summed E-state index contributed by atoms with van der Waals surface area (Å²) in [5.74, 6) is -0.599. The Hall–Kier alpha value is -1.94. The van der Waals surface area contributed by atoms with Gasteiger partial charge >= 0.3 is 39.5 Å². The molecule has 0 fully saturated rings. The van der Waals surface area contributed by atoms with Crippen molar-refractivity contribution in [3.05, 3.63) is 0 Å². The molecule has 0 aliphatic carbocycles.